The molecular formula is C22H23N3O4. The number of aliphatic hydroxyl groups is 1. The number of rotatable bonds is 7. The van der Waals surface area contributed by atoms with Gasteiger partial charge in [0.15, 0.2) is 0 Å². The average Bonchev–Trinajstić information content (AvgIpc) is 3.26. The third-order valence-corrected chi connectivity index (χ3v) is 5.06. The van der Waals surface area contributed by atoms with Crippen LogP contribution < -0.4 is 4.74 Å². The highest BCUT2D eigenvalue weighted by Gasteiger charge is 2.42. The summed E-state index contributed by atoms with van der Waals surface area (Å²) in [4.78, 5) is 14.8. The number of phenols is 1. The number of para-hydroxylation sites is 1. The van der Waals surface area contributed by atoms with Gasteiger partial charge < -0.3 is 19.8 Å². The van der Waals surface area contributed by atoms with E-state index in [0.717, 1.165) is 16.9 Å². The van der Waals surface area contributed by atoms with Gasteiger partial charge >= 0.3 is 0 Å². The Morgan fingerprint density at radius 3 is 2.79 bits per heavy atom. The summed E-state index contributed by atoms with van der Waals surface area (Å²) in [5, 5.41) is 26.9. The summed E-state index contributed by atoms with van der Waals surface area (Å²) >= 11 is 0. The number of fused-ring (bicyclic) bond motifs is 1. The number of benzene rings is 2. The minimum atomic E-state index is -0.391. The minimum absolute atomic E-state index is 0.00595. The fourth-order valence-corrected chi connectivity index (χ4v) is 3.84. The molecule has 1 aliphatic rings. The Morgan fingerprint density at radius 2 is 2.03 bits per heavy atom. The molecule has 2 heterocycles. The van der Waals surface area contributed by atoms with Crippen LogP contribution in [-0.4, -0.2) is 51.0 Å². The van der Waals surface area contributed by atoms with Crippen LogP contribution in [-0.2, 0) is 0 Å². The maximum atomic E-state index is 13.1. The molecule has 1 aromatic heterocycles. The number of aromatic amines is 1. The summed E-state index contributed by atoms with van der Waals surface area (Å²) in [7, 11) is 0. The van der Waals surface area contributed by atoms with Crippen LogP contribution >= 0.6 is 0 Å². The van der Waals surface area contributed by atoms with Crippen LogP contribution in [0.2, 0.25) is 0 Å². The number of carbonyl (C=O) groups is 1. The Morgan fingerprint density at radius 1 is 1.21 bits per heavy atom. The summed E-state index contributed by atoms with van der Waals surface area (Å²) in [5.41, 5.74) is 3.13. The molecule has 1 atom stereocenters. The Hall–Kier alpha value is -3.32. The first kappa shape index (κ1) is 19.0. The first-order chi connectivity index (χ1) is 14.2. The second-order valence-corrected chi connectivity index (χ2v) is 6.86. The molecule has 150 valence electrons. The van der Waals surface area contributed by atoms with Gasteiger partial charge in [-0.15, -0.1) is 0 Å². The fraction of sp³-hybridized carbons (Fsp3) is 0.273. The van der Waals surface area contributed by atoms with Gasteiger partial charge in [0.2, 0.25) is 0 Å². The predicted octanol–water partition coefficient (Wildman–Crippen LogP) is 3.11. The van der Waals surface area contributed by atoms with E-state index in [1.54, 1.807) is 23.1 Å². The predicted molar refractivity (Wildman–Crippen MR) is 108 cm³/mol. The molecule has 0 unspecified atom stereocenters. The molecule has 7 nitrogen and oxygen atoms in total. The molecule has 0 aliphatic carbocycles. The average molecular weight is 393 g/mol. The van der Waals surface area contributed by atoms with Crippen molar-refractivity contribution < 1.29 is 19.7 Å². The molecule has 29 heavy (non-hydrogen) atoms. The molecule has 0 radical (unpaired) electrons. The highest BCUT2D eigenvalue weighted by molar-refractivity contribution is 6.00. The summed E-state index contributed by atoms with van der Waals surface area (Å²) in [6.45, 7) is 2.86. The largest absolute Gasteiger partial charge is 0.507 e. The molecule has 3 N–H and O–H groups in total. The molecule has 1 aliphatic heterocycles. The number of amides is 1. The van der Waals surface area contributed by atoms with Crippen LogP contribution in [0.5, 0.6) is 11.5 Å². The molecular weight excluding hydrogens is 370 g/mol. The number of H-pyrrole nitrogens is 1. The molecule has 0 spiro atoms. The van der Waals surface area contributed by atoms with Gasteiger partial charge in [-0.3, -0.25) is 9.89 Å². The summed E-state index contributed by atoms with van der Waals surface area (Å²) in [5.74, 6) is 0.653. The first-order valence-electron chi connectivity index (χ1n) is 9.67. The van der Waals surface area contributed by atoms with Gasteiger partial charge in [0.25, 0.3) is 5.91 Å². The van der Waals surface area contributed by atoms with E-state index in [1.807, 2.05) is 37.3 Å². The number of ether oxygens (including phenoxy) is 1. The maximum absolute atomic E-state index is 13.1. The van der Waals surface area contributed by atoms with Gasteiger partial charge in [-0.2, -0.15) is 5.10 Å². The van der Waals surface area contributed by atoms with Crippen molar-refractivity contribution in [3.63, 3.8) is 0 Å². The number of aromatic hydroxyl groups is 1. The topological polar surface area (TPSA) is 98.7 Å². The van der Waals surface area contributed by atoms with Crippen LogP contribution in [0, 0.1) is 0 Å². The van der Waals surface area contributed by atoms with Crippen molar-refractivity contribution in [3.05, 3.63) is 65.4 Å². The number of phenolic OH excluding ortho intramolecular Hbond substituents is 1. The number of carbonyl (C=O) groups excluding carboxylic acids is 1. The van der Waals surface area contributed by atoms with Gasteiger partial charge in [0, 0.05) is 24.3 Å². The number of hydrogen-bond acceptors (Lipinski definition) is 5. The van der Waals surface area contributed by atoms with Crippen LogP contribution in [0.3, 0.4) is 0 Å². The number of hydrogen-bond donors (Lipinski definition) is 3. The van der Waals surface area contributed by atoms with Gasteiger partial charge in [0.05, 0.1) is 12.6 Å². The Balaban J connectivity index is 1.86. The lowest BCUT2D eigenvalue weighted by Crippen LogP contribution is -2.31. The van der Waals surface area contributed by atoms with Crippen molar-refractivity contribution in [1.82, 2.24) is 15.1 Å². The molecule has 3 aromatic rings. The monoisotopic (exact) mass is 393 g/mol. The molecule has 0 fully saturated rings. The third kappa shape index (κ3) is 3.34. The number of aliphatic hydroxyl groups excluding tert-OH is 1. The molecule has 2 aromatic carbocycles. The molecule has 0 saturated heterocycles. The minimum Gasteiger partial charge on any atom is -0.507 e. The molecule has 1 amide bonds. The lowest BCUT2D eigenvalue weighted by molar-refractivity contribution is 0.0732. The van der Waals surface area contributed by atoms with Gasteiger partial charge in [-0.25, -0.2) is 0 Å². The van der Waals surface area contributed by atoms with Crippen LogP contribution in [0.15, 0.2) is 48.5 Å². The molecule has 0 bridgehead atoms. The highest BCUT2D eigenvalue weighted by atomic mass is 16.5. The van der Waals surface area contributed by atoms with Gasteiger partial charge in [0.1, 0.15) is 22.9 Å². The fourth-order valence-electron chi connectivity index (χ4n) is 3.84. The van der Waals surface area contributed by atoms with E-state index >= 15 is 0 Å². The zero-order chi connectivity index (χ0) is 20.4. The second-order valence-electron chi connectivity index (χ2n) is 6.86. The van der Waals surface area contributed by atoms with Crippen molar-refractivity contribution in [2.75, 3.05) is 19.8 Å². The lowest BCUT2D eigenvalue weighted by atomic mass is 9.95. The zero-order valence-electron chi connectivity index (χ0n) is 16.1. The lowest BCUT2D eigenvalue weighted by Gasteiger charge is -2.26. The zero-order valence-corrected chi connectivity index (χ0v) is 16.1. The van der Waals surface area contributed by atoms with E-state index in [0.29, 0.717) is 36.5 Å². The van der Waals surface area contributed by atoms with E-state index in [-0.39, 0.29) is 18.3 Å². The smallest absolute Gasteiger partial charge is 0.273 e. The van der Waals surface area contributed by atoms with Crippen molar-refractivity contribution in [2.24, 2.45) is 0 Å². The van der Waals surface area contributed by atoms with Crippen LogP contribution in [0.25, 0.3) is 11.3 Å². The summed E-state index contributed by atoms with van der Waals surface area (Å²) in [6, 6.07) is 14.2. The molecule has 7 heteroatoms. The van der Waals surface area contributed by atoms with Crippen molar-refractivity contribution in [3.8, 4) is 22.8 Å². The Kier molecular flexibility index (Phi) is 5.22. The Labute approximate surface area is 168 Å². The quantitative estimate of drug-likeness (QED) is 0.573. The standard InChI is InChI=1S/C22H23N3O4/c1-2-29-15-8-5-7-14(13-15)21-18-19(16-9-3-4-10-17(16)27)23-24-20(18)22(28)25(21)11-6-12-26/h3-5,7-10,13,21,26-27H,2,6,11-12H2,1H3,(H,23,24)/t21-/m1/s1. The molecule has 0 saturated carbocycles. The first-order valence-corrected chi connectivity index (χ1v) is 9.67. The van der Waals surface area contributed by atoms with Crippen LogP contribution in [0.1, 0.15) is 41.0 Å². The van der Waals surface area contributed by atoms with Crippen molar-refractivity contribution >= 4 is 5.91 Å². The highest BCUT2D eigenvalue weighted by Crippen LogP contribution is 2.44. The van der Waals surface area contributed by atoms with Crippen molar-refractivity contribution in [2.45, 2.75) is 19.4 Å². The summed E-state index contributed by atoms with van der Waals surface area (Å²) < 4.78 is 5.65. The van der Waals surface area contributed by atoms with E-state index in [9.17, 15) is 15.0 Å². The van der Waals surface area contributed by atoms with E-state index in [4.69, 9.17) is 4.74 Å². The third-order valence-electron chi connectivity index (χ3n) is 5.06. The SMILES string of the molecule is CCOc1cccc([C@@H]2c3c(-c4ccccc4O)n[nH]c3C(=O)N2CCCO)c1. The van der Waals surface area contributed by atoms with E-state index in [1.165, 1.54) is 0 Å². The number of nitrogens with zero attached hydrogens (tertiary/aromatic N) is 2. The number of aromatic nitrogens is 2. The van der Waals surface area contributed by atoms with Gasteiger partial charge in [-0.1, -0.05) is 24.3 Å². The van der Waals surface area contributed by atoms with Crippen LogP contribution in [0.4, 0.5) is 0 Å². The van der Waals surface area contributed by atoms with Crippen molar-refractivity contribution in [1.29, 1.82) is 0 Å². The van der Waals surface area contributed by atoms with E-state index in [2.05, 4.69) is 10.2 Å². The van der Waals surface area contributed by atoms with E-state index < -0.39 is 6.04 Å². The molecule has 4 rings (SSSR count). The second kappa shape index (κ2) is 7.97. The maximum Gasteiger partial charge on any atom is 0.273 e. The van der Waals surface area contributed by atoms with Gasteiger partial charge in [-0.05, 0) is 43.2 Å². The normalized spacial score (nSPS) is 15.6. The number of nitrogens with one attached hydrogen (secondary N) is 1. The summed E-state index contributed by atoms with van der Waals surface area (Å²) in [6.07, 6.45) is 0.469. The Bertz CT molecular complexity index is 1030.